The first-order valence-electron chi connectivity index (χ1n) is 6.47. The molecule has 1 atom stereocenters. The summed E-state index contributed by atoms with van der Waals surface area (Å²) in [5.41, 5.74) is 5.33. The Morgan fingerprint density at radius 1 is 1.19 bits per heavy atom. The molecule has 1 saturated carbocycles. The van der Waals surface area contributed by atoms with Crippen molar-refractivity contribution in [2.45, 2.75) is 57.0 Å². The van der Waals surface area contributed by atoms with Crippen LogP contribution in [0.2, 0.25) is 0 Å². The Morgan fingerprint density at radius 3 is 2.50 bits per heavy atom. The van der Waals surface area contributed by atoms with Crippen LogP contribution >= 0.6 is 0 Å². The third kappa shape index (κ3) is 3.08. The molecule has 1 unspecified atom stereocenters. The number of amides is 1. The normalized spacial score (nSPS) is 34.9. The fourth-order valence-corrected chi connectivity index (χ4v) is 2.80. The van der Waals surface area contributed by atoms with E-state index in [4.69, 9.17) is 5.73 Å². The summed E-state index contributed by atoms with van der Waals surface area (Å²) >= 11 is 0. The average molecular weight is 222 g/mol. The third-order valence-corrected chi connectivity index (χ3v) is 3.83. The minimum Gasteiger partial charge on any atom is -0.369 e. The summed E-state index contributed by atoms with van der Waals surface area (Å²) in [5.74, 6) is 0.0101. The molecule has 2 rings (SSSR count). The van der Waals surface area contributed by atoms with E-state index in [1.165, 1.54) is 19.3 Å². The number of rotatable bonds is 3. The van der Waals surface area contributed by atoms with Gasteiger partial charge in [0.1, 0.15) is 0 Å². The number of primary amides is 1. The summed E-state index contributed by atoms with van der Waals surface area (Å²) in [5, 5.41) is 3.68. The van der Waals surface area contributed by atoms with E-state index in [0.717, 1.165) is 25.7 Å². The van der Waals surface area contributed by atoms with Crippen molar-refractivity contribution in [3.8, 4) is 0 Å². The van der Waals surface area contributed by atoms with Gasteiger partial charge in [-0.3, -0.25) is 4.79 Å². The van der Waals surface area contributed by atoms with Crippen LogP contribution in [0.3, 0.4) is 0 Å². The van der Waals surface area contributed by atoms with Gasteiger partial charge in [-0.15, -0.1) is 0 Å². The summed E-state index contributed by atoms with van der Waals surface area (Å²) in [6.45, 7) is 0. The highest BCUT2D eigenvalue weighted by Gasteiger charge is 2.25. The highest BCUT2D eigenvalue weighted by atomic mass is 16.1. The molecule has 1 fully saturated rings. The number of hydrogen-bond acceptors (Lipinski definition) is 2. The van der Waals surface area contributed by atoms with Crippen LogP contribution in [0.15, 0.2) is 12.2 Å². The molecule has 16 heavy (non-hydrogen) atoms. The van der Waals surface area contributed by atoms with Gasteiger partial charge in [-0.1, -0.05) is 12.2 Å². The van der Waals surface area contributed by atoms with E-state index in [2.05, 4.69) is 17.5 Å². The van der Waals surface area contributed by atoms with E-state index < -0.39 is 0 Å². The zero-order valence-electron chi connectivity index (χ0n) is 9.82. The van der Waals surface area contributed by atoms with Gasteiger partial charge >= 0.3 is 0 Å². The van der Waals surface area contributed by atoms with Crippen molar-refractivity contribution in [1.82, 2.24) is 5.32 Å². The van der Waals surface area contributed by atoms with E-state index in [9.17, 15) is 4.79 Å². The second-order valence-corrected chi connectivity index (χ2v) is 5.08. The Morgan fingerprint density at radius 2 is 1.94 bits per heavy atom. The Balaban J connectivity index is 1.74. The van der Waals surface area contributed by atoms with Crippen molar-refractivity contribution in [3.05, 3.63) is 12.2 Å². The molecule has 0 aromatic rings. The van der Waals surface area contributed by atoms with Crippen molar-refractivity contribution in [3.63, 3.8) is 0 Å². The monoisotopic (exact) mass is 222 g/mol. The lowest BCUT2D eigenvalue weighted by Gasteiger charge is -2.31. The largest absolute Gasteiger partial charge is 0.369 e. The topological polar surface area (TPSA) is 55.1 Å². The number of nitrogens with two attached hydrogens (primary N) is 1. The van der Waals surface area contributed by atoms with Gasteiger partial charge in [0.15, 0.2) is 0 Å². The van der Waals surface area contributed by atoms with Gasteiger partial charge in [-0.2, -0.15) is 0 Å². The van der Waals surface area contributed by atoms with E-state index in [1.54, 1.807) is 0 Å². The van der Waals surface area contributed by atoms with Crippen molar-refractivity contribution in [1.29, 1.82) is 0 Å². The molecule has 0 heterocycles. The van der Waals surface area contributed by atoms with E-state index in [0.29, 0.717) is 12.1 Å². The maximum Gasteiger partial charge on any atom is 0.220 e. The predicted octanol–water partition coefficient (Wildman–Crippen LogP) is 1.73. The number of carbonyl (C=O) groups is 1. The molecule has 0 aromatic carbocycles. The Labute approximate surface area is 97.5 Å². The lowest BCUT2D eigenvalue weighted by Crippen LogP contribution is -2.41. The fraction of sp³-hybridized carbons (Fsp3) is 0.769. The van der Waals surface area contributed by atoms with Crippen molar-refractivity contribution in [2.75, 3.05) is 0 Å². The van der Waals surface area contributed by atoms with Gasteiger partial charge in [0.2, 0.25) is 5.91 Å². The Hall–Kier alpha value is -0.830. The van der Waals surface area contributed by atoms with Crippen LogP contribution in [0.25, 0.3) is 0 Å². The fourth-order valence-electron chi connectivity index (χ4n) is 2.80. The average Bonchev–Trinajstić information content (AvgIpc) is 2.31. The van der Waals surface area contributed by atoms with E-state index >= 15 is 0 Å². The maximum atomic E-state index is 11.0. The molecule has 2 aliphatic carbocycles. The molecule has 90 valence electrons. The zero-order chi connectivity index (χ0) is 11.4. The zero-order valence-corrected chi connectivity index (χ0v) is 9.82. The Kier molecular flexibility index (Phi) is 3.99. The summed E-state index contributed by atoms with van der Waals surface area (Å²) in [7, 11) is 0. The summed E-state index contributed by atoms with van der Waals surface area (Å²) < 4.78 is 0. The smallest absolute Gasteiger partial charge is 0.220 e. The quantitative estimate of drug-likeness (QED) is 0.714. The van der Waals surface area contributed by atoms with Crippen LogP contribution in [0.4, 0.5) is 0 Å². The number of hydrogen-bond donors (Lipinski definition) is 2. The first kappa shape index (κ1) is 11.6. The molecule has 0 bridgehead atoms. The van der Waals surface area contributed by atoms with Crippen LogP contribution in [0.5, 0.6) is 0 Å². The summed E-state index contributed by atoms with van der Waals surface area (Å²) in [6.07, 6.45) is 12.5. The van der Waals surface area contributed by atoms with Crippen LogP contribution < -0.4 is 11.1 Å². The molecule has 0 aliphatic heterocycles. The molecule has 3 nitrogen and oxygen atoms in total. The summed E-state index contributed by atoms with van der Waals surface area (Å²) in [6, 6.07) is 1.15. The maximum absolute atomic E-state index is 11.0. The van der Waals surface area contributed by atoms with Crippen molar-refractivity contribution in [2.24, 2.45) is 11.7 Å². The second kappa shape index (κ2) is 5.48. The van der Waals surface area contributed by atoms with E-state index in [-0.39, 0.29) is 11.8 Å². The molecule has 0 radical (unpaired) electrons. The lowest BCUT2D eigenvalue weighted by atomic mass is 9.85. The number of allylic oxidation sites excluding steroid dienone is 1. The molecule has 0 saturated heterocycles. The number of carbonyl (C=O) groups excluding carboxylic acids is 1. The van der Waals surface area contributed by atoms with Gasteiger partial charge in [-0.05, 0) is 44.9 Å². The van der Waals surface area contributed by atoms with Gasteiger partial charge in [-0.25, -0.2) is 0 Å². The SMILES string of the molecule is NC(=O)C1CCC(NC2C=CCCC2)CC1. The van der Waals surface area contributed by atoms with Gasteiger partial charge < -0.3 is 11.1 Å². The molecule has 2 aliphatic rings. The third-order valence-electron chi connectivity index (χ3n) is 3.83. The van der Waals surface area contributed by atoms with Crippen LogP contribution in [0, 0.1) is 5.92 Å². The van der Waals surface area contributed by atoms with Crippen LogP contribution in [-0.4, -0.2) is 18.0 Å². The van der Waals surface area contributed by atoms with Crippen molar-refractivity contribution < 1.29 is 4.79 Å². The first-order valence-corrected chi connectivity index (χ1v) is 6.47. The van der Waals surface area contributed by atoms with Gasteiger partial charge in [0.25, 0.3) is 0 Å². The number of nitrogens with one attached hydrogen (secondary N) is 1. The van der Waals surface area contributed by atoms with Gasteiger partial charge in [0.05, 0.1) is 0 Å². The standard InChI is InChI=1S/C13H22N2O/c14-13(16)10-6-8-12(9-7-10)15-11-4-2-1-3-5-11/h2,4,10-12,15H,1,3,5-9H2,(H2,14,16). The van der Waals surface area contributed by atoms with E-state index in [1.807, 2.05) is 0 Å². The highest BCUT2D eigenvalue weighted by molar-refractivity contribution is 5.76. The predicted molar refractivity (Wildman–Crippen MR) is 64.9 cm³/mol. The minimum absolute atomic E-state index is 0.115. The molecular weight excluding hydrogens is 200 g/mol. The molecule has 3 N–H and O–H groups in total. The lowest BCUT2D eigenvalue weighted by molar-refractivity contribution is -0.122. The van der Waals surface area contributed by atoms with Crippen LogP contribution in [-0.2, 0) is 4.79 Å². The second-order valence-electron chi connectivity index (χ2n) is 5.08. The van der Waals surface area contributed by atoms with Crippen LogP contribution in [0.1, 0.15) is 44.9 Å². The first-order chi connectivity index (χ1) is 7.75. The molecule has 0 spiro atoms. The van der Waals surface area contributed by atoms with Gasteiger partial charge in [0, 0.05) is 18.0 Å². The molecule has 0 aromatic heterocycles. The Bertz CT molecular complexity index is 267. The molecule has 3 heteroatoms. The minimum atomic E-state index is -0.115. The highest BCUT2D eigenvalue weighted by Crippen LogP contribution is 2.25. The van der Waals surface area contributed by atoms with Crippen molar-refractivity contribution >= 4 is 5.91 Å². The molecular formula is C13H22N2O. The molecule has 1 amide bonds. The summed E-state index contributed by atoms with van der Waals surface area (Å²) in [4.78, 5) is 11.0.